The second kappa shape index (κ2) is 7.58. The summed E-state index contributed by atoms with van der Waals surface area (Å²) < 4.78 is 5.55. The van der Waals surface area contributed by atoms with Gasteiger partial charge < -0.3 is 10.1 Å². The Balaban J connectivity index is 1.54. The molecule has 10 heteroatoms. The molecule has 33 heavy (non-hydrogen) atoms. The van der Waals surface area contributed by atoms with Gasteiger partial charge in [0.15, 0.2) is 0 Å². The van der Waals surface area contributed by atoms with E-state index in [0.29, 0.717) is 30.4 Å². The third-order valence-corrected chi connectivity index (χ3v) is 6.42. The second-order valence-corrected chi connectivity index (χ2v) is 10.1. The lowest BCUT2D eigenvalue weighted by atomic mass is 9.84. The molecule has 0 aliphatic carbocycles. The van der Waals surface area contributed by atoms with Crippen LogP contribution in [0.2, 0.25) is 0 Å². The SMILES string of the molecule is CC(C)(C)OC(=O)N1CCc2cc(C3(/C=C4\SC(=O)NC4=O)C=CC4=NCN=C4N3)ccc21. The van der Waals surface area contributed by atoms with Gasteiger partial charge in [-0.1, -0.05) is 12.1 Å². The number of nitrogens with zero attached hydrogens (tertiary/aromatic N) is 3. The van der Waals surface area contributed by atoms with Crippen LogP contribution in [0.25, 0.3) is 0 Å². The fourth-order valence-corrected chi connectivity index (χ4v) is 4.88. The topological polar surface area (TPSA) is 112 Å². The van der Waals surface area contributed by atoms with Crippen LogP contribution in [-0.4, -0.2) is 47.6 Å². The maximum atomic E-state index is 12.7. The Bertz CT molecular complexity index is 1210. The summed E-state index contributed by atoms with van der Waals surface area (Å²) >= 11 is 0.869. The van der Waals surface area contributed by atoms with Crippen LogP contribution >= 0.6 is 11.8 Å². The zero-order valence-electron chi connectivity index (χ0n) is 18.5. The first-order valence-electron chi connectivity index (χ1n) is 10.6. The molecule has 0 spiro atoms. The molecule has 170 valence electrons. The van der Waals surface area contributed by atoms with Gasteiger partial charge in [-0.2, -0.15) is 0 Å². The molecule has 0 radical (unpaired) electrons. The Morgan fingerprint density at radius 3 is 2.82 bits per heavy atom. The highest BCUT2D eigenvalue weighted by Crippen LogP contribution is 2.38. The zero-order valence-corrected chi connectivity index (χ0v) is 19.3. The molecule has 9 nitrogen and oxygen atoms in total. The second-order valence-electron chi connectivity index (χ2n) is 9.10. The molecule has 1 atom stereocenters. The number of nitrogens with one attached hydrogen (secondary N) is 2. The number of imide groups is 1. The van der Waals surface area contributed by atoms with E-state index in [-0.39, 0.29) is 6.09 Å². The summed E-state index contributed by atoms with van der Waals surface area (Å²) in [6, 6.07) is 5.82. The van der Waals surface area contributed by atoms with Gasteiger partial charge in [-0.25, -0.2) is 9.79 Å². The van der Waals surface area contributed by atoms with Crippen molar-refractivity contribution in [2.75, 3.05) is 18.1 Å². The molecule has 1 saturated heterocycles. The number of thioether (sulfide) groups is 1. The lowest BCUT2D eigenvalue weighted by Gasteiger charge is -2.34. The van der Waals surface area contributed by atoms with E-state index < -0.39 is 22.3 Å². The summed E-state index contributed by atoms with van der Waals surface area (Å²) in [7, 11) is 0. The normalized spacial score (nSPS) is 24.8. The number of rotatable bonds is 2. The van der Waals surface area contributed by atoms with Crippen molar-refractivity contribution in [3.63, 3.8) is 0 Å². The van der Waals surface area contributed by atoms with E-state index in [1.165, 1.54) is 0 Å². The molecule has 1 aromatic rings. The van der Waals surface area contributed by atoms with Crippen molar-refractivity contribution in [1.29, 1.82) is 0 Å². The number of benzene rings is 1. The van der Waals surface area contributed by atoms with Crippen LogP contribution in [0, 0.1) is 0 Å². The Morgan fingerprint density at radius 1 is 1.27 bits per heavy atom. The van der Waals surface area contributed by atoms with Crippen LogP contribution in [0.15, 0.2) is 51.3 Å². The van der Waals surface area contributed by atoms with Gasteiger partial charge in [0.05, 0.1) is 10.6 Å². The molecule has 4 aliphatic heterocycles. The molecular weight excluding hydrogens is 442 g/mol. The van der Waals surface area contributed by atoms with Crippen LogP contribution < -0.4 is 15.5 Å². The van der Waals surface area contributed by atoms with E-state index in [1.54, 1.807) is 11.0 Å². The van der Waals surface area contributed by atoms with Crippen LogP contribution in [0.1, 0.15) is 31.9 Å². The number of amidine groups is 1. The maximum absolute atomic E-state index is 12.7. The summed E-state index contributed by atoms with van der Waals surface area (Å²) in [4.78, 5) is 47.4. The Hall–Kier alpha value is -3.40. The van der Waals surface area contributed by atoms with Crippen molar-refractivity contribution in [2.24, 2.45) is 9.98 Å². The average Bonchev–Trinajstić information content (AvgIpc) is 3.44. The number of hydrogen-bond acceptors (Lipinski definition) is 8. The number of carbonyl (C=O) groups excluding carboxylic acids is 3. The minimum atomic E-state index is -0.902. The number of fused-ring (bicyclic) bond motifs is 2. The summed E-state index contributed by atoms with van der Waals surface area (Å²) in [5.74, 6) is 0.213. The highest BCUT2D eigenvalue weighted by Gasteiger charge is 2.38. The lowest BCUT2D eigenvalue weighted by Crippen LogP contribution is -2.48. The molecule has 0 bridgehead atoms. The van der Waals surface area contributed by atoms with Gasteiger partial charge >= 0.3 is 6.09 Å². The number of hydrogen-bond donors (Lipinski definition) is 2. The fourth-order valence-electron chi connectivity index (χ4n) is 4.15. The summed E-state index contributed by atoms with van der Waals surface area (Å²) in [5.41, 5.74) is 1.93. The first-order valence-corrected chi connectivity index (χ1v) is 11.4. The predicted molar refractivity (Wildman–Crippen MR) is 127 cm³/mol. The molecule has 2 N–H and O–H groups in total. The quantitative estimate of drug-likeness (QED) is 0.650. The van der Waals surface area contributed by atoms with Crippen molar-refractivity contribution >= 4 is 46.2 Å². The molecule has 1 unspecified atom stereocenters. The third-order valence-electron chi connectivity index (χ3n) is 5.61. The molecular formula is C23H23N5O4S. The molecule has 5 rings (SSSR count). The molecule has 4 heterocycles. The Morgan fingerprint density at radius 2 is 2.09 bits per heavy atom. The van der Waals surface area contributed by atoms with Gasteiger partial charge in [-0.05, 0) is 74.4 Å². The van der Waals surface area contributed by atoms with Gasteiger partial charge in [-0.3, -0.25) is 24.8 Å². The lowest BCUT2D eigenvalue weighted by molar-refractivity contribution is -0.115. The van der Waals surface area contributed by atoms with Gasteiger partial charge in [0, 0.05) is 6.54 Å². The van der Waals surface area contributed by atoms with Gasteiger partial charge in [-0.15, -0.1) is 0 Å². The van der Waals surface area contributed by atoms with Gasteiger partial charge in [0.25, 0.3) is 11.1 Å². The molecule has 1 fully saturated rings. The maximum Gasteiger partial charge on any atom is 0.414 e. The highest BCUT2D eigenvalue weighted by atomic mass is 32.2. The fraction of sp³-hybridized carbons (Fsp3) is 0.348. The van der Waals surface area contributed by atoms with Crippen molar-refractivity contribution in [3.05, 3.63) is 52.5 Å². The molecule has 4 aliphatic rings. The molecule has 1 aromatic carbocycles. The van der Waals surface area contributed by atoms with Crippen LogP contribution in [0.4, 0.5) is 15.3 Å². The highest BCUT2D eigenvalue weighted by molar-refractivity contribution is 8.18. The molecule has 0 aromatic heterocycles. The molecule has 3 amide bonds. The number of ether oxygens (including phenoxy) is 1. The minimum Gasteiger partial charge on any atom is -0.443 e. The van der Waals surface area contributed by atoms with Crippen molar-refractivity contribution in [3.8, 4) is 0 Å². The van der Waals surface area contributed by atoms with Crippen molar-refractivity contribution in [1.82, 2.24) is 10.6 Å². The number of anilines is 1. The van der Waals surface area contributed by atoms with Crippen LogP contribution in [-0.2, 0) is 21.5 Å². The van der Waals surface area contributed by atoms with Crippen LogP contribution in [0.3, 0.4) is 0 Å². The van der Waals surface area contributed by atoms with E-state index in [9.17, 15) is 14.4 Å². The van der Waals surface area contributed by atoms with Gasteiger partial charge in [0.1, 0.15) is 29.4 Å². The van der Waals surface area contributed by atoms with E-state index in [2.05, 4.69) is 20.6 Å². The van der Waals surface area contributed by atoms with Crippen molar-refractivity contribution in [2.45, 2.75) is 38.3 Å². The number of amides is 3. The standard InChI is InChI=1S/C23H23N5O4S/c1-22(2,3)32-21(31)28-9-7-13-10-14(4-5-16(13)28)23(11-17-19(29)26-20(30)33-17)8-6-15-18(27-23)25-12-24-15/h4-6,8,10-11H,7,9,12H2,1-3H3,(H,25,27)(H,26,29,30)/b17-11-. The smallest absolute Gasteiger partial charge is 0.414 e. The van der Waals surface area contributed by atoms with E-state index in [0.717, 1.165) is 34.3 Å². The first kappa shape index (κ1) is 21.4. The summed E-state index contributed by atoms with van der Waals surface area (Å²) in [5, 5.41) is 5.31. The first-order chi connectivity index (χ1) is 15.6. The van der Waals surface area contributed by atoms with Gasteiger partial charge in [0.2, 0.25) is 0 Å². The molecule has 0 saturated carbocycles. The Labute approximate surface area is 195 Å². The zero-order chi connectivity index (χ0) is 23.4. The average molecular weight is 466 g/mol. The monoisotopic (exact) mass is 465 g/mol. The van der Waals surface area contributed by atoms with E-state index in [1.807, 2.05) is 51.1 Å². The predicted octanol–water partition coefficient (Wildman–Crippen LogP) is 3.02. The minimum absolute atomic E-state index is 0.312. The Kier molecular flexibility index (Phi) is 4.93. The number of aliphatic imine (C=N–C) groups is 2. The van der Waals surface area contributed by atoms with E-state index in [4.69, 9.17) is 4.74 Å². The summed E-state index contributed by atoms with van der Waals surface area (Å²) in [6.07, 6.45) is 5.84. The summed E-state index contributed by atoms with van der Waals surface area (Å²) in [6.45, 7) is 6.40. The third kappa shape index (κ3) is 3.95. The van der Waals surface area contributed by atoms with Crippen LogP contribution in [0.5, 0.6) is 0 Å². The van der Waals surface area contributed by atoms with Crippen molar-refractivity contribution < 1.29 is 19.1 Å². The van der Waals surface area contributed by atoms with E-state index >= 15 is 0 Å². The largest absolute Gasteiger partial charge is 0.443 e. The number of carbonyl (C=O) groups is 3.